The minimum absolute atomic E-state index is 0.0687. The zero-order chi connectivity index (χ0) is 12.3. The van der Waals surface area contributed by atoms with Crippen LogP contribution in [0.4, 0.5) is 0 Å². The monoisotopic (exact) mass is 272 g/mol. The molecule has 0 radical (unpaired) electrons. The molecule has 1 saturated heterocycles. The number of nitrogens with one attached hydrogen (secondary N) is 1. The van der Waals surface area contributed by atoms with Gasteiger partial charge in [0.05, 0.1) is 4.90 Å². The molecule has 0 saturated carbocycles. The van der Waals surface area contributed by atoms with Gasteiger partial charge in [-0.3, -0.25) is 0 Å². The van der Waals surface area contributed by atoms with Crippen LogP contribution in [0.3, 0.4) is 0 Å². The van der Waals surface area contributed by atoms with Gasteiger partial charge < -0.3 is 5.73 Å². The summed E-state index contributed by atoms with van der Waals surface area (Å²) in [5, 5.41) is 0. The molecule has 1 unspecified atom stereocenters. The molecule has 0 amide bonds. The van der Waals surface area contributed by atoms with Crippen molar-refractivity contribution in [1.29, 1.82) is 0 Å². The van der Waals surface area contributed by atoms with E-state index < -0.39 is 10.0 Å². The van der Waals surface area contributed by atoms with Crippen molar-refractivity contribution in [2.75, 3.05) is 11.5 Å². The number of nitrogens with two attached hydrogens (primary N) is 1. The van der Waals surface area contributed by atoms with E-state index in [1.54, 1.807) is 36.0 Å². The summed E-state index contributed by atoms with van der Waals surface area (Å²) in [6.07, 6.45) is 0.908. The van der Waals surface area contributed by atoms with Gasteiger partial charge in [-0.1, -0.05) is 12.1 Å². The molecule has 0 spiro atoms. The lowest BCUT2D eigenvalue weighted by molar-refractivity contribution is 0.563. The van der Waals surface area contributed by atoms with E-state index in [9.17, 15) is 8.42 Å². The summed E-state index contributed by atoms with van der Waals surface area (Å²) in [6.45, 7) is 0.424. The van der Waals surface area contributed by atoms with Crippen LogP contribution in [0.1, 0.15) is 12.0 Å². The Kier molecular flexibility index (Phi) is 4.09. The summed E-state index contributed by atoms with van der Waals surface area (Å²) in [6, 6.07) is 6.77. The molecule has 94 valence electrons. The standard InChI is InChI=1S/C11H16N2O2S2/c12-7-9-1-3-11(4-2-9)17(14,15)13-10-5-6-16-8-10/h1-4,10,13H,5-8,12H2. The first-order chi connectivity index (χ1) is 8.12. The van der Waals surface area contributed by atoms with Crippen molar-refractivity contribution in [3.8, 4) is 0 Å². The predicted molar refractivity (Wildman–Crippen MR) is 70.4 cm³/mol. The van der Waals surface area contributed by atoms with E-state index in [0.717, 1.165) is 23.5 Å². The van der Waals surface area contributed by atoms with Crippen molar-refractivity contribution in [3.05, 3.63) is 29.8 Å². The lowest BCUT2D eigenvalue weighted by Crippen LogP contribution is -2.34. The number of thioether (sulfide) groups is 1. The van der Waals surface area contributed by atoms with E-state index in [2.05, 4.69) is 4.72 Å². The fourth-order valence-corrected chi connectivity index (χ4v) is 4.25. The lowest BCUT2D eigenvalue weighted by Gasteiger charge is -2.12. The Morgan fingerprint density at radius 2 is 2.06 bits per heavy atom. The molecule has 0 bridgehead atoms. The van der Waals surface area contributed by atoms with Crippen LogP contribution in [0, 0.1) is 0 Å². The third kappa shape index (κ3) is 3.22. The van der Waals surface area contributed by atoms with Gasteiger partial charge in [-0.15, -0.1) is 0 Å². The summed E-state index contributed by atoms with van der Waals surface area (Å²) in [4.78, 5) is 0.312. The molecule has 0 aromatic heterocycles. The Morgan fingerprint density at radius 3 is 2.59 bits per heavy atom. The number of benzene rings is 1. The molecule has 1 heterocycles. The number of rotatable bonds is 4. The number of sulfonamides is 1. The molecule has 1 aromatic rings. The Bertz CT molecular complexity index is 465. The van der Waals surface area contributed by atoms with Crippen molar-refractivity contribution in [1.82, 2.24) is 4.72 Å². The number of hydrogen-bond donors (Lipinski definition) is 2. The summed E-state index contributed by atoms with van der Waals surface area (Å²) in [5.74, 6) is 1.89. The Labute approximate surface area is 106 Å². The smallest absolute Gasteiger partial charge is 0.240 e. The molecular weight excluding hydrogens is 256 g/mol. The van der Waals surface area contributed by atoms with Crippen LogP contribution in [0.2, 0.25) is 0 Å². The summed E-state index contributed by atoms with van der Waals surface area (Å²) < 4.78 is 26.8. The Morgan fingerprint density at radius 1 is 1.35 bits per heavy atom. The Balaban J connectivity index is 2.12. The molecule has 6 heteroatoms. The SMILES string of the molecule is NCc1ccc(S(=O)(=O)NC2CCSC2)cc1. The molecule has 1 aliphatic rings. The minimum Gasteiger partial charge on any atom is -0.326 e. The van der Waals surface area contributed by atoms with Crippen molar-refractivity contribution in [2.45, 2.75) is 23.9 Å². The minimum atomic E-state index is -3.37. The van der Waals surface area contributed by atoms with Crippen molar-refractivity contribution in [2.24, 2.45) is 5.73 Å². The first-order valence-electron chi connectivity index (χ1n) is 5.51. The van der Waals surface area contributed by atoms with Gasteiger partial charge in [-0.05, 0) is 29.9 Å². The van der Waals surface area contributed by atoms with Crippen LogP contribution >= 0.6 is 11.8 Å². The molecule has 17 heavy (non-hydrogen) atoms. The van der Waals surface area contributed by atoms with Crippen LogP contribution in [0.5, 0.6) is 0 Å². The van der Waals surface area contributed by atoms with Crippen molar-refractivity contribution >= 4 is 21.8 Å². The summed E-state index contributed by atoms with van der Waals surface area (Å²) in [5.41, 5.74) is 6.40. The molecule has 3 N–H and O–H groups in total. The molecule has 4 nitrogen and oxygen atoms in total. The molecule has 0 aliphatic carbocycles. The first kappa shape index (κ1) is 12.9. The van der Waals surface area contributed by atoms with Gasteiger partial charge in [0.25, 0.3) is 0 Å². The van der Waals surface area contributed by atoms with E-state index in [-0.39, 0.29) is 6.04 Å². The maximum absolute atomic E-state index is 12.0. The normalized spacial score (nSPS) is 20.6. The van der Waals surface area contributed by atoms with Gasteiger partial charge in [0.15, 0.2) is 0 Å². The zero-order valence-electron chi connectivity index (χ0n) is 9.43. The lowest BCUT2D eigenvalue weighted by atomic mass is 10.2. The van der Waals surface area contributed by atoms with Gasteiger partial charge in [0.2, 0.25) is 10.0 Å². The molecule has 1 atom stereocenters. The summed E-state index contributed by atoms with van der Waals surface area (Å²) in [7, 11) is -3.37. The van der Waals surface area contributed by atoms with E-state index >= 15 is 0 Å². The quantitative estimate of drug-likeness (QED) is 0.855. The highest BCUT2D eigenvalue weighted by Gasteiger charge is 2.22. The van der Waals surface area contributed by atoms with Gasteiger partial charge >= 0.3 is 0 Å². The van der Waals surface area contributed by atoms with Gasteiger partial charge in [-0.25, -0.2) is 13.1 Å². The van der Waals surface area contributed by atoms with Gasteiger partial charge in [0, 0.05) is 18.3 Å². The van der Waals surface area contributed by atoms with E-state index in [1.807, 2.05) is 0 Å². The number of hydrogen-bond acceptors (Lipinski definition) is 4. The van der Waals surface area contributed by atoms with E-state index in [4.69, 9.17) is 5.73 Å². The van der Waals surface area contributed by atoms with E-state index in [0.29, 0.717) is 11.4 Å². The maximum atomic E-state index is 12.0. The molecule has 1 aromatic carbocycles. The molecule has 2 rings (SSSR count). The highest BCUT2D eigenvalue weighted by atomic mass is 32.2. The van der Waals surface area contributed by atoms with Gasteiger partial charge in [-0.2, -0.15) is 11.8 Å². The summed E-state index contributed by atoms with van der Waals surface area (Å²) >= 11 is 1.78. The van der Waals surface area contributed by atoms with Crippen molar-refractivity contribution in [3.63, 3.8) is 0 Å². The third-order valence-electron chi connectivity index (χ3n) is 2.72. The predicted octanol–water partition coefficient (Wildman–Crippen LogP) is 0.929. The third-order valence-corrected chi connectivity index (χ3v) is 5.42. The van der Waals surface area contributed by atoms with Crippen molar-refractivity contribution < 1.29 is 8.42 Å². The van der Waals surface area contributed by atoms with E-state index in [1.165, 1.54) is 0 Å². The Hall–Kier alpha value is -0.560. The second kappa shape index (κ2) is 5.39. The largest absolute Gasteiger partial charge is 0.326 e. The molecule has 1 aliphatic heterocycles. The van der Waals surface area contributed by atoms with Crippen LogP contribution in [-0.4, -0.2) is 26.0 Å². The fourth-order valence-electron chi connectivity index (χ4n) is 1.72. The average molecular weight is 272 g/mol. The maximum Gasteiger partial charge on any atom is 0.240 e. The topological polar surface area (TPSA) is 72.2 Å². The first-order valence-corrected chi connectivity index (χ1v) is 8.15. The fraction of sp³-hybridized carbons (Fsp3) is 0.455. The second-order valence-electron chi connectivity index (χ2n) is 4.03. The second-order valence-corrected chi connectivity index (χ2v) is 6.89. The molecular formula is C11H16N2O2S2. The highest BCUT2D eigenvalue weighted by molar-refractivity contribution is 7.99. The van der Waals surface area contributed by atoms with Crippen LogP contribution in [-0.2, 0) is 16.6 Å². The average Bonchev–Trinajstić information content (AvgIpc) is 2.81. The van der Waals surface area contributed by atoms with Crippen LogP contribution in [0.15, 0.2) is 29.2 Å². The van der Waals surface area contributed by atoms with Gasteiger partial charge in [0.1, 0.15) is 0 Å². The highest BCUT2D eigenvalue weighted by Crippen LogP contribution is 2.19. The molecule has 1 fully saturated rings. The van der Waals surface area contributed by atoms with Crippen LogP contribution in [0.25, 0.3) is 0 Å². The zero-order valence-corrected chi connectivity index (χ0v) is 11.1. The van der Waals surface area contributed by atoms with Crippen LogP contribution < -0.4 is 10.5 Å².